The summed E-state index contributed by atoms with van der Waals surface area (Å²) in [6.07, 6.45) is 9.96. The quantitative estimate of drug-likeness (QED) is 0.0161. The van der Waals surface area contributed by atoms with E-state index in [2.05, 4.69) is 85.9 Å². The number of unbranched alkanes of at least 4 members (excludes halogenated alkanes) is 2. The number of esters is 4. The molecule has 0 aliphatic rings. The summed E-state index contributed by atoms with van der Waals surface area (Å²) in [5.74, 6) is -2.17. The number of rotatable bonds is 38. The molecule has 1 unspecified atom stereocenters. The van der Waals surface area contributed by atoms with Crippen molar-refractivity contribution in [3.8, 4) is 5.75 Å². The molecule has 0 aliphatic carbocycles. The van der Waals surface area contributed by atoms with Gasteiger partial charge in [-0.3, -0.25) is 19.2 Å². The van der Waals surface area contributed by atoms with Crippen LogP contribution in [0.3, 0.4) is 0 Å². The number of carboxylic acids is 1. The van der Waals surface area contributed by atoms with E-state index in [1.165, 1.54) is 56.4 Å². The zero-order valence-electron chi connectivity index (χ0n) is 57.8. The van der Waals surface area contributed by atoms with Crippen LogP contribution in [0.1, 0.15) is 171 Å². The van der Waals surface area contributed by atoms with Crippen LogP contribution in [0, 0.1) is 27.6 Å². The Morgan fingerprint density at radius 3 is 1.45 bits per heavy atom. The van der Waals surface area contributed by atoms with Gasteiger partial charge in [-0.15, -0.1) is 0 Å². The second kappa shape index (κ2) is 42.3. The van der Waals surface area contributed by atoms with Gasteiger partial charge in [0, 0.05) is 6.61 Å². The van der Waals surface area contributed by atoms with E-state index in [9.17, 15) is 36.9 Å². The summed E-state index contributed by atoms with van der Waals surface area (Å²) in [6, 6.07) is 6.69. The predicted molar refractivity (Wildman–Crippen MR) is 349 cm³/mol. The van der Waals surface area contributed by atoms with E-state index in [4.69, 9.17) is 50.0 Å². The maximum absolute atomic E-state index is 12.1. The van der Waals surface area contributed by atoms with Crippen molar-refractivity contribution in [2.45, 2.75) is 239 Å². The number of benzene rings is 1. The average molecular weight is 1420 g/mol. The Hall–Kier alpha value is -1.94. The summed E-state index contributed by atoms with van der Waals surface area (Å²) in [7, 11) is -15.1. The van der Waals surface area contributed by atoms with E-state index in [1.54, 1.807) is 27.7 Å². The molecule has 86 heavy (non-hydrogen) atoms. The number of aliphatic carboxylic acids is 1. The predicted octanol–water partition coefficient (Wildman–Crippen LogP) is 14.4. The van der Waals surface area contributed by atoms with Gasteiger partial charge in [-0.05, 0) is 196 Å². The molecule has 19 nitrogen and oxygen atoms in total. The average Bonchev–Trinajstić information content (AvgIpc) is 2.94. The van der Waals surface area contributed by atoms with Crippen molar-refractivity contribution in [1.82, 2.24) is 0 Å². The fourth-order valence-corrected chi connectivity index (χ4v) is 31.4. The molecular formula is C60H119AgO19SSi5. The first-order chi connectivity index (χ1) is 38.5. The largest absolute Gasteiger partial charge is 1.00 e. The van der Waals surface area contributed by atoms with Gasteiger partial charge in [-0.2, -0.15) is 0 Å². The third-order valence-corrected chi connectivity index (χ3v) is 32.5. The molecule has 0 amide bonds. The Kier molecular flexibility index (Phi) is 44.5. The summed E-state index contributed by atoms with van der Waals surface area (Å²) in [6.45, 7) is 53.0. The number of carbonyl (C=O) groups is 5. The minimum Gasteiger partial charge on any atom is -0.748 e. The number of hydrogen-bond donors (Lipinski definition) is 1. The fraction of sp³-hybridized carbons (Fsp3) is 0.817. The van der Waals surface area contributed by atoms with Gasteiger partial charge in [0.15, 0.2) is 16.6 Å². The number of hydrogen-bond acceptors (Lipinski definition) is 18. The Morgan fingerprint density at radius 1 is 0.558 bits per heavy atom. The molecule has 0 spiro atoms. The molecule has 1 aromatic rings. The van der Waals surface area contributed by atoms with Gasteiger partial charge in [-0.1, -0.05) is 73.3 Å². The minimum atomic E-state index is -4.44. The van der Waals surface area contributed by atoms with Crippen molar-refractivity contribution < 1.29 is 109 Å². The normalized spacial score (nSPS) is 13.0. The van der Waals surface area contributed by atoms with Gasteiger partial charge in [0.1, 0.15) is 19.0 Å². The molecule has 0 aliphatic heterocycles. The van der Waals surface area contributed by atoms with E-state index in [-0.39, 0.29) is 45.6 Å². The van der Waals surface area contributed by atoms with Gasteiger partial charge in [0.25, 0.3) is 0 Å². The SMILES string of the molecule is CCC(C)(C)C(=O)O.CCC(C)(C)C(=O)OCCC[Si](C)(C)O[Si](C)(C)O[Si](C)(C)O[Si](C)(C)O[Si](C)(C)C.CCC(C)(C)C(=O)Oc1cccc(C(=O)OCCS(=O)(=O)[O-])c1.CCCCCC(CC)COCCOCCOC(=O)C(C)(C)CC.[Ag+]. The molecule has 1 rings (SSSR count). The summed E-state index contributed by atoms with van der Waals surface area (Å²) in [5, 5.41) is 8.44. The van der Waals surface area contributed by atoms with Crippen LogP contribution in [0.4, 0.5) is 0 Å². The first-order valence-electron chi connectivity index (χ1n) is 30.5. The van der Waals surface area contributed by atoms with Gasteiger partial charge in [-0.25, -0.2) is 13.2 Å². The van der Waals surface area contributed by atoms with Crippen molar-refractivity contribution >= 4 is 82.3 Å². The maximum atomic E-state index is 12.1. The summed E-state index contributed by atoms with van der Waals surface area (Å²) >= 11 is 0. The first kappa shape index (κ1) is 90.5. The Morgan fingerprint density at radius 2 is 1.01 bits per heavy atom. The van der Waals surface area contributed by atoms with Crippen LogP contribution < -0.4 is 4.74 Å². The molecule has 0 fully saturated rings. The number of carboxylic acid groups (broad SMARTS) is 1. The van der Waals surface area contributed by atoms with Crippen LogP contribution in [0.5, 0.6) is 5.75 Å². The van der Waals surface area contributed by atoms with E-state index in [0.29, 0.717) is 51.8 Å². The second-order valence-electron chi connectivity index (χ2n) is 26.9. The molecule has 0 saturated carbocycles. The van der Waals surface area contributed by atoms with Crippen LogP contribution in [-0.2, 0) is 91.8 Å². The minimum absolute atomic E-state index is 0. The van der Waals surface area contributed by atoms with Gasteiger partial charge in [0.05, 0.1) is 69.5 Å². The molecule has 1 aromatic carbocycles. The smallest absolute Gasteiger partial charge is 0.748 e. The van der Waals surface area contributed by atoms with Crippen LogP contribution in [0.15, 0.2) is 24.3 Å². The number of carbonyl (C=O) groups excluding carboxylic acids is 4. The summed E-state index contributed by atoms with van der Waals surface area (Å²) < 4.78 is 89.1. The molecule has 0 bridgehead atoms. The Bertz CT molecular complexity index is 2220. The van der Waals surface area contributed by atoms with Crippen molar-refractivity contribution in [3.05, 3.63) is 29.8 Å². The van der Waals surface area contributed by atoms with E-state index >= 15 is 0 Å². The molecule has 0 radical (unpaired) electrons. The van der Waals surface area contributed by atoms with Crippen molar-refractivity contribution in [1.29, 1.82) is 0 Å². The fourth-order valence-electron chi connectivity index (χ4n) is 7.34. The van der Waals surface area contributed by atoms with Gasteiger partial charge in [0.2, 0.25) is 0 Å². The third kappa shape index (κ3) is 45.3. The molecule has 1 N–H and O–H groups in total. The Balaban J connectivity index is -0.000000553. The molecule has 1 atom stereocenters. The molecule has 510 valence electrons. The molecule has 0 saturated heterocycles. The number of ether oxygens (including phenoxy) is 6. The van der Waals surface area contributed by atoms with E-state index < -0.39 is 104 Å². The van der Waals surface area contributed by atoms with Crippen LogP contribution in [-0.4, -0.2) is 142 Å². The van der Waals surface area contributed by atoms with Gasteiger partial charge < -0.3 is 54.5 Å². The summed E-state index contributed by atoms with van der Waals surface area (Å²) in [4.78, 5) is 57.9. The van der Waals surface area contributed by atoms with Crippen LogP contribution in [0.2, 0.25) is 78.1 Å². The third-order valence-electron chi connectivity index (χ3n) is 13.8. The van der Waals surface area contributed by atoms with Gasteiger partial charge >= 0.3 is 77.9 Å². The van der Waals surface area contributed by atoms with Crippen LogP contribution >= 0.6 is 0 Å². The van der Waals surface area contributed by atoms with Crippen molar-refractivity contribution in [2.75, 3.05) is 52.0 Å². The Labute approximate surface area is 542 Å². The van der Waals surface area contributed by atoms with E-state index in [0.717, 1.165) is 31.9 Å². The zero-order chi connectivity index (χ0) is 67.0. The molecule has 0 heterocycles. The van der Waals surface area contributed by atoms with Crippen molar-refractivity contribution in [2.24, 2.45) is 27.6 Å². The summed E-state index contributed by atoms with van der Waals surface area (Å²) in [5.41, 5.74) is -1.93. The van der Waals surface area contributed by atoms with Crippen LogP contribution in [0.25, 0.3) is 0 Å². The molecule has 26 heteroatoms. The molecule has 0 aromatic heterocycles. The molecular weight excluding hydrogens is 1310 g/mol. The zero-order valence-corrected chi connectivity index (χ0v) is 65.1. The standard InChI is InChI=1S/C20H50O6Si5.C19H38O4.C15H20O7S.C6H12O2.Ag/c1-15-20(2,3)19(21)22-17-16-18-28(7,8)24-30(11,12)26-31(13,14)25-29(9,10)23-27(4,5)6;1-6-9-10-11-17(7-2)16-22-13-12-21-14-15-23-18(20)19(4,5)8-3;1-4-15(2,3)14(17)22-12-7-5-6-11(10-12)13(16)21-8-9-23(18,19)20;1-4-6(2,3)5(7)8;/h15-18H2,1-14H3;17H,6-16H2,1-5H3;5-7,10H,4,8-9H2,1-3H3,(H,18,19,20);4H2,1-3H3,(H,7,8);/q;;;;+1/p-1. The van der Waals surface area contributed by atoms with E-state index in [1.807, 2.05) is 55.4 Å². The topological polar surface area (TPSA) is 255 Å². The first-order valence-corrected chi connectivity index (χ1v) is 47.1. The monoisotopic (exact) mass is 1420 g/mol. The second-order valence-corrected chi connectivity index (χ2v) is 48.3. The maximum Gasteiger partial charge on any atom is 1.00 e. The van der Waals surface area contributed by atoms with Crippen molar-refractivity contribution in [3.63, 3.8) is 0 Å².